The van der Waals surface area contributed by atoms with Crippen LogP contribution in [-0.2, 0) is 9.53 Å². The fraction of sp³-hybridized carbons (Fsp3) is 0.800. The van der Waals surface area contributed by atoms with Crippen LogP contribution in [0.4, 0.5) is 4.79 Å². The lowest BCUT2D eigenvalue weighted by Gasteiger charge is -2.28. The predicted molar refractivity (Wildman–Crippen MR) is 59.1 cm³/mol. The highest BCUT2D eigenvalue weighted by Gasteiger charge is 2.24. The lowest BCUT2D eigenvalue weighted by molar-refractivity contribution is -0.873. The first-order valence-corrected chi connectivity index (χ1v) is 5.21. The van der Waals surface area contributed by atoms with Crippen LogP contribution < -0.4 is 5.32 Å². The molecule has 0 radical (unpaired) electrons. The molecule has 0 rings (SSSR count). The highest BCUT2D eigenvalue weighted by atomic mass is 16.6. The molecule has 16 heavy (non-hydrogen) atoms. The third kappa shape index (κ3) is 8.05. The van der Waals surface area contributed by atoms with Crippen molar-refractivity contribution in [1.29, 1.82) is 0 Å². The molecule has 1 atom stereocenters. The van der Waals surface area contributed by atoms with Crippen LogP contribution in [0.5, 0.6) is 0 Å². The van der Waals surface area contributed by atoms with E-state index >= 15 is 0 Å². The number of carbonyl (C=O) groups is 2. The summed E-state index contributed by atoms with van der Waals surface area (Å²) in [6.45, 7) is 2.69. The Morgan fingerprint density at radius 3 is 2.31 bits per heavy atom. The van der Waals surface area contributed by atoms with E-state index in [4.69, 9.17) is 9.84 Å². The largest absolute Gasteiger partial charge is 0.481 e. The van der Waals surface area contributed by atoms with Crippen molar-refractivity contribution in [2.45, 2.75) is 19.4 Å². The van der Waals surface area contributed by atoms with Crippen molar-refractivity contribution in [3.63, 3.8) is 0 Å². The zero-order chi connectivity index (χ0) is 12.8. The number of ether oxygens (including phenoxy) is 1. The van der Waals surface area contributed by atoms with Crippen LogP contribution in [0.2, 0.25) is 0 Å². The fourth-order valence-electron chi connectivity index (χ4n) is 1.29. The molecule has 6 heteroatoms. The molecule has 0 saturated heterocycles. The number of aliphatic carboxylic acids is 1. The van der Waals surface area contributed by atoms with E-state index in [0.29, 0.717) is 17.6 Å². The van der Waals surface area contributed by atoms with Gasteiger partial charge < -0.3 is 19.6 Å². The number of alkyl carbamates (subject to hydrolysis) is 1. The maximum Gasteiger partial charge on any atom is 0.407 e. The topological polar surface area (TPSA) is 75.6 Å². The van der Waals surface area contributed by atoms with Gasteiger partial charge in [-0.25, -0.2) is 4.79 Å². The minimum absolute atomic E-state index is 0.174. The predicted octanol–water partition coefficient (Wildman–Crippen LogP) is 0.282. The summed E-state index contributed by atoms with van der Waals surface area (Å²) < 4.78 is 5.57. The number of likely N-dealkylation sites (N-methyl/N-ethyl adjacent to an activating group) is 1. The van der Waals surface area contributed by atoms with Crippen molar-refractivity contribution >= 4 is 12.1 Å². The van der Waals surface area contributed by atoms with Crippen LogP contribution in [0, 0.1) is 0 Å². The number of carbonyl (C=O) groups excluding carboxylic acids is 1. The first-order chi connectivity index (χ1) is 7.24. The summed E-state index contributed by atoms with van der Waals surface area (Å²) in [7, 11) is 5.74. The maximum absolute atomic E-state index is 11.2. The van der Waals surface area contributed by atoms with Crippen molar-refractivity contribution in [1.82, 2.24) is 5.32 Å². The number of nitrogens with one attached hydrogen (secondary N) is 1. The molecule has 0 aromatic rings. The first-order valence-electron chi connectivity index (χ1n) is 5.21. The number of nitrogens with zero attached hydrogens (tertiary/aromatic N) is 1. The highest BCUT2D eigenvalue weighted by molar-refractivity contribution is 5.70. The zero-order valence-corrected chi connectivity index (χ0v) is 10.3. The smallest absolute Gasteiger partial charge is 0.407 e. The number of hydrogen-bond donors (Lipinski definition) is 2. The number of amides is 1. The standard InChI is InChI=1S/C10H20N2O4/c1-5-11-10(15)16-8(6-9(13)14)7-12(2,3)4/h8H,5-7H2,1-4H3,(H-,11,13,14,15)/p+1/t8-/m0/s1. The summed E-state index contributed by atoms with van der Waals surface area (Å²) >= 11 is 0. The van der Waals surface area contributed by atoms with E-state index in [2.05, 4.69) is 5.32 Å². The molecule has 0 aromatic heterocycles. The van der Waals surface area contributed by atoms with E-state index < -0.39 is 18.2 Å². The molecule has 94 valence electrons. The van der Waals surface area contributed by atoms with E-state index in [9.17, 15) is 9.59 Å². The molecule has 2 N–H and O–H groups in total. The van der Waals surface area contributed by atoms with E-state index in [-0.39, 0.29) is 6.42 Å². The summed E-state index contributed by atoms with van der Waals surface area (Å²) in [5.41, 5.74) is 0. The Labute approximate surface area is 95.8 Å². The molecule has 0 aromatic carbocycles. The second-order valence-corrected chi connectivity index (χ2v) is 4.63. The average molecular weight is 233 g/mol. The number of quaternary nitrogens is 1. The molecule has 6 nitrogen and oxygen atoms in total. The van der Waals surface area contributed by atoms with Crippen LogP contribution in [0.3, 0.4) is 0 Å². The normalized spacial score (nSPS) is 13.0. The third-order valence-corrected chi connectivity index (χ3v) is 1.75. The third-order valence-electron chi connectivity index (χ3n) is 1.75. The Morgan fingerprint density at radius 2 is 1.94 bits per heavy atom. The molecule has 1 amide bonds. The van der Waals surface area contributed by atoms with Crippen LogP contribution >= 0.6 is 0 Å². The van der Waals surface area contributed by atoms with E-state index in [1.165, 1.54) is 0 Å². The van der Waals surface area contributed by atoms with Gasteiger partial charge in [0.2, 0.25) is 0 Å². The summed E-state index contributed by atoms with van der Waals surface area (Å²) in [5, 5.41) is 11.2. The summed E-state index contributed by atoms with van der Waals surface area (Å²) in [6, 6.07) is 0. The van der Waals surface area contributed by atoms with Gasteiger partial charge in [0.15, 0.2) is 6.10 Å². The molecular weight excluding hydrogens is 212 g/mol. The van der Waals surface area contributed by atoms with Gasteiger partial charge in [-0.3, -0.25) is 4.79 Å². The molecule has 0 fully saturated rings. The van der Waals surface area contributed by atoms with Gasteiger partial charge in [-0.2, -0.15) is 0 Å². The van der Waals surface area contributed by atoms with Gasteiger partial charge in [0.25, 0.3) is 0 Å². The van der Waals surface area contributed by atoms with Crippen molar-refractivity contribution in [2.75, 3.05) is 34.2 Å². The minimum atomic E-state index is -0.970. The minimum Gasteiger partial charge on any atom is -0.481 e. The molecule has 0 saturated carbocycles. The maximum atomic E-state index is 11.2. The van der Waals surface area contributed by atoms with Gasteiger partial charge >= 0.3 is 12.1 Å². The average Bonchev–Trinajstić information content (AvgIpc) is 1.98. The Balaban J connectivity index is 4.31. The van der Waals surface area contributed by atoms with Gasteiger partial charge in [0.05, 0.1) is 27.6 Å². The van der Waals surface area contributed by atoms with Crippen LogP contribution in [0.15, 0.2) is 0 Å². The molecule has 0 heterocycles. The van der Waals surface area contributed by atoms with Gasteiger partial charge in [-0.05, 0) is 6.92 Å². The number of carboxylic acid groups (broad SMARTS) is 1. The van der Waals surface area contributed by atoms with E-state index in [1.807, 2.05) is 21.1 Å². The highest BCUT2D eigenvalue weighted by Crippen LogP contribution is 2.05. The lowest BCUT2D eigenvalue weighted by Crippen LogP contribution is -2.44. The van der Waals surface area contributed by atoms with Gasteiger partial charge in [-0.1, -0.05) is 0 Å². The van der Waals surface area contributed by atoms with E-state index in [0.717, 1.165) is 0 Å². The van der Waals surface area contributed by atoms with Crippen molar-refractivity contribution in [2.24, 2.45) is 0 Å². The second-order valence-electron chi connectivity index (χ2n) is 4.63. The fourth-order valence-corrected chi connectivity index (χ4v) is 1.29. The molecule has 0 aliphatic carbocycles. The molecular formula is C10H21N2O4+. The Kier molecular flexibility index (Phi) is 5.81. The molecule has 0 aliphatic rings. The first kappa shape index (κ1) is 14.7. The molecule has 0 bridgehead atoms. The van der Waals surface area contributed by atoms with Gasteiger partial charge in [0.1, 0.15) is 6.54 Å². The summed E-state index contributed by atoms with van der Waals surface area (Å²) in [6.07, 6.45) is -1.35. The Bertz CT molecular complexity index is 248. The summed E-state index contributed by atoms with van der Waals surface area (Å²) in [4.78, 5) is 21.8. The van der Waals surface area contributed by atoms with Crippen molar-refractivity contribution < 1.29 is 23.9 Å². The van der Waals surface area contributed by atoms with Crippen LogP contribution in [0.25, 0.3) is 0 Å². The number of carboxylic acids is 1. The van der Waals surface area contributed by atoms with Gasteiger partial charge in [-0.15, -0.1) is 0 Å². The lowest BCUT2D eigenvalue weighted by atomic mass is 10.2. The monoisotopic (exact) mass is 233 g/mol. The van der Waals surface area contributed by atoms with Crippen molar-refractivity contribution in [3.05, 3.63) is 0 Å². The molecule has 0 unspecified atom stereocenters. The molecule has 0 aliphatic heterocycles. The van der Waals surface area contributed by atoms with Crippen molar-refractivity contribution in [3.8, 4) is 0 Å². The van der Waals surface area contributed by atoms with Crippen LogP contribution in [0.1, 0.15) is 13.3 Å². The number of hydrogen-bond acceptors (Lipinski definition) is 3. The molecule has 0 spiro atoms. The number of rotatable bonds is 6. The second kappa shape index (κ2) is 6.32. The quantitative estimate of drug-likeness (QED) is 0.646. The van der Waals surface area contributed by atoms with E-state index in [1.54, 1.807) is 6.92 Å². The zero-order valence-electron chi connectivity index (χ0n) is 10.3. The SMILES string of the molecule is CCNC(=O)O[C@@H](CC(=O)O)C[N+](C)(C)C. The Hall–Kier alpha value is -1.30. The Morgan fingerprint density at radius 1 is 1.38 bits per heavy atom. The van der Waals surface area contributed by atoms with Crippen LogP contribution in [-0.4, -0.2) is 62.0 Å². The van der Waals surface area contributed by atoms with Gasteiger partial charge in [0, 0.05) is 6.54 Å². The summed E-state index contributed by atoms with van der Waals surface area (Å²) in [5.74, 6) is -0.970.